The molecular formula is C18H24N2O. The van der Waals surface area contributed by atoms with Gasteiger partial charge in [-0.1, -0.05) is 48.5 Å². The highest BCUT2D eigenvalue weighted by atomic mass is 16.5. The van der Waals surface area contributed by atoms with Crippen LogP contribution in [0.15, 0.2) is 54.6 Å². The highest BCUT2D eigenvalue weighted by Crippen LogP contribution is 2.19. The zero-order valence-corrected chi connectivity index (χ0v) is 12.6. The number of rotatable bonds is 9. The maximum atomic E-state index is 5.95. The molecule has 2 rings (SSSR count). The third-order valence-electron chi connectivity index (χ3n) is 3.31. The third-order valence-corrected chi connectivity index (χ3v) is 3.31. The van der Waals surface area contributed by atoms with Crippen LogP contribution in [0.25, 0.3) is 0 Å². The molecule has 3 heteroatoms. The number of para-hydroxylation sites is 1. The van der Waals surface area contributed by atoms with Crippen LogP contribution in [-0.2, 0) is 13.2 Å². The zero-order valence-electron chi connectivity index (χ0n) is 12.6. The van der Waals surface area contributed by atoms with Gasteiger partial charge in [0.25, 0.3) is 0 Å². The third kappa shape index (κ3) is 5.58. The first-order chi connectivity index (χ1) is 10.4. The minimum Gasteiger partial charge on any atom is -0.489 e. The van der Waals surface area contributed by atoms with Gasteiger partial charge in [0.1, 0.15) is 12.4 Å². The molecule has 0 radical (unpaired) electrons. The van der Waals surface area contributed by atoms with Crippen molar-refractivity contribution in [2.75, 3.05) is 20.1 Å². The quantitative estimate of drug-likeness (QED) is 0.695. The molecule has 0 aliphatic carbocycles. The fraction of sp³-hybridized carbons (Fsp3) is 0.333. The lowest BCUT2D eigenvalue weighted by atomic mass is 10.2. The lowest BCUT2D eigenvalue weighted by Gasteiger charge is -2.12. The summed E-state index contributed by atoms with van der Waals surface area (Å²) >= 11 is 0. The molecule has 0 atom stereocenters. The van der Waals surface area contributed by atoms with E-state index in [9.17, 15) is 0 Å². The molecule has 0 saturated heterocycles. The van der Waals surface area contributed by atoms with Crippen molar-refractivity contribution >= 4 is 0 Å². The molecule has 0 heterocycles. The molecule has 0 aliphatic rings. The average Bonchev–Trinajstić information content (AvgIpc) is 2.55. The molecule has 0 amide bonds. The Morgan fingerprint density at radius 1 is 0.905 bits per heavy atom. The predicted molar refractivity (Wildman–Crippen MR) is 87.5 cm³/mol. The summed E-state index contributed by atoms with van der Waals surface area (Å²) in [5, 5.41) is 6.61. The summed E-state index contributed by atoms with van der Waals surface area (Å²) < 4.78 is 5.95. The van der Waals surface area contributed by atoms with Gasteiger partial charge in [-0.2, -0.15) is 0 Å². The molecule has 0 spiro atoms. The van der Waals surface area contributed by atoms with Crippen LogP contribution < -0.4 is 15.4 Å². The molecular weight excluding hydrogens is 260 g/mol. The summed E-state index contributed by atoms with van der Waals surface area (Å²) in [6.45, 7) is 3.50. The van der Waals surface area contributed by atoms with E-state index in [1.165, 1.54) is 11.1 Å². The summed E-state index contributed by atoms with van der Waals surface area (Å²) in [7, 11) is 1.98. The Morgan fingerprint density at radius 3 is 2.48 bits per heavy atom. The largest absolute Gasteiger partial charge is 0.489 e. The lowest BCUT2D eigenvalue weighted by molar-refractivity contribution is 0.302. The second-order valence-electron chi connectivity index (χ2n) is 5.02. The molecule has 0 aromatic heterocycles. The maximum absolute atomic E-state index is 5.95. The van der Waals surface area contributed by atoms with Crippen molar-refractivity contribution < 1.29 is 4.74 Å². The molecule has 0 saturated carbocycles. The van der Waals surface area contributed by atoms with Gasteiger partial charge < -0.3 is 15.4 Å². The topological polar surface area (TPSA) is 33.3 Å². The van der Waals surface area contributed by atoms with E-state index in [-0.39, 0.29) is 0 Å². The van der Waals surface area contributed by atoms with Gasteiger partial charge in [-0.15, -0.1) is 0 Å². The van der Waals surface area contributed by atoms with Crippen LogP contribution in [-0.4, -0.2) is 20.1 Å². The van der Waals surface area contributed by atoms with Crippen molar-refractivity contribution in [3.05, 3.63) is 65.7 Å². The molecule has 0 bridgehead atoms. The first kappa shape index (κ1) is 15.5. The van der Waals surface area contributed by atoms with Crippen LogP contribution in [0.3, 0.4) is 0 Å². The molecule has 0 aliphatic heterocycles. The molecule has 2 aromatic carbocycles. The van der Waals surface area contributed by atoms with E-state index in [0.717, 1.165) is 31.8 Å². The Kier molecular flexibility index (Phi) is 6.78. The number of benzene rings is 2. The minimum atomic E-state index is 0.609. The van der Waals surface area contributed by atoms with Gasteiger partial charge >= 0.3 is 0 Å². The SMILES string of the molecule is CNCCCNCc1ccccc1OCc1ccccc1. The van der Waals surface area contributed by atoms with Crippen LogP contribution in [0.1, 0.15) is 17.5 Å². The van der Waals surface area contributed by atoms with Crippen LogP contribution >= 0.6 is 0 Å². The lowest BCUT2D eigenvalue weighted by Crippen LogP contribution is -2.19. The number of ether oxygens (including phenoxy) is 1. The summed E-state index contributed by atoms with van der Waals surface area (Å²) in [6, 6.07) is 18.5. The average molecular weight is 284 g/mol. The second-order valence-corrected chi connectivity index (χ2v) is 5.02. The van der Waals surface area contributed by atoms with E-state index in [1.54, 1.807) is 0 Å². The summed E-state index contributed by atoms with van der Waals surface area (Å²) in [5.41, 5.74) is 2.40. The van der Waals surface area contributed by atoms with Gasteiger partial charge in [0, 0.05) is 12.1 Å². The van der Waals surface area contributed by atoms with Crippen molar-refractivity contribution in [1.82, 2.24) is 10.6 Å². The van der Waals surface area contributed by atoms with Crippen LogP contribution in [0.5, 0.6) is 5.75 Å². The van der Waals surface area contributed by atoms with Crippen molar-refractivity contribution in [2.45, 2.75) is 19.6 Å². The van der Waals surface area contributed by atoms with Crippen molar-refractivity contribution in [3.8, 4) is 5.75 Å². The Morgan fingerprint density at radius 2 is 1.67 bits per heavy atom. The van der Waals surface area contributed by atoms with E-state index >= 15 is 0 Å². The van der Waals surface area contributed by atoms with E-state index in [2.05, 4.69) is 34.9 Å². The smallest absolute Gasteiger partial charge is 0.124 e. The van der Waals surface area contributed by atoms with Gasteiger partial charge in [-0.05, 0) is 38.2 Å². The Bertz CT molecular complexity index is 514. The van der Waals surface area contributed by atoms with Crippen LogP contribution in [0.4, 0.5) is 0 Å². The Balaban J connectivity index is 1.84. The monoisotopic (exact) mass is 284 g/mol. The first-order valence-corrected chi connectivity index (χ1v) is 7.50. The van der Waals surface area contributed by atoms with E-state index in [0.29, 0.717) is 6.61 Å². The molecule has 0 fully saturated rings. The van der Waals surface area contributed by atoms with Gasteiger partial charge in [0.05, 0.1) is 0 Å². The van der Waals surface area contributed by atoms with E-state index < -0.39 is 0 Å². The Labute approximate surface area is 127 Å². The zero-order chi connectivity index (χ0) is 14.8. The van der Waals surface area contributed by atoms with E-state index in [4.69, 9.17) is 4.74 Å². The van der Waals surface area contributed by atoms with Gasteiger partial charge in [0.2, 0.25) is 0 Å². The molecule has 0 unspecified atom stereocenters. The number of hydrogen-bond donors (Lipinski definition) is 2. The summed E-state index contributed by atoms with van der Waals surface area (Å²) in [5.74, 6) is 0.961. The van der Waals surface area contributed by atoms with Gasteiger partial charge in [-0.25, -0.2) is 0 Å². The molecule has 21 heavy (non-hydrogen) atoms. The predicted octanol–water partition coefficient (Wildman–Crippen LogP) is 2.96. The first-order valence-electron chi connectivity index (χ1n) is 7.50. The molecule has 3 nitrogen and oxygen atoms in total. The molecule has 2 N–H and O–H groups in total. The van der Waals surface area contributed by atoms with Crippen molar-refractivity contribution in [1.29, 1.82) is 0 Å². The second kappa shape index (κ2) is 9.16. The van der Waals surface area contributed by atoms with Crippen molar-refractivity contribution in [2.24, 2.45) is 0 Å². The highest BCUT2D eigenvalue weighted by molar-refractivity contribution is 5.33. The van der Waals surface area contributed by atoms with Gasteiger partial charge in [-0.3, -0.25) is 0 Å². The minimum absolute atomic E-state index is 0.609. The molecule has 112 valence electrons. The van der Waals surface area contributed by atoms with Crippen LogP contribution in [0.2, 0.25) is 0 Å². The van der Waals surface area contributed by atoms with Gasteiger partial charge in [0.15, 0.2) is 0 Å². The normalized spacial score (nSPS) is 10.5. The highest BCUT2D eigenvalue weighted by Gasteiger charge is 2.03. The number of hydrogen-bond acceptors (Lipinski definition) is 3. The summed E-state index contributed by atoms with van der Waals surface area (Å²) in [4.78, 5) is 0. The fourth-order valence-corrected chi connectivity index (χ4v) is 2.14. The van der Waals surface area contributed by atoms with Crippen LogP contribution in [0, 0.1) is 0 Å². The fourth-order valence-electron chi connectivity index (χ4n) is 2.14. The standard InChI is InChI=1S/C18H24N2O/c1-19-12-7-13-20-14-17-10-5-6-11-18(17)21-15-16-8-3-2-4-9-16/h2-6,8-11,19-20H,7,12-15H2,1H3. The number of nitrogens with one attached hydrogen (secondary N) is 2. The van der Waals surface area contributed by atoms with E-state index in [1.807, 2.05) is 37.4 Å². The Hall–Kier alpha value is -1.84. The molecule has 2 aromatic rings. The maximum Gasteiger partial charge on any atom is 0.124 e. The summed E-state index contributed by atoms with van der Waals surface area (Å²) in [6.07, 6.45) is 1.13. The van der Waals surface area contributed by atoms with Crippen molar-refractivity contribution in [3.63, 3.8) is 0 Å².